The fourth-order valence-electron chi connectivity index (χ4n) is 3.78. The summed E-state index contributed by atoms with van der Waals surface area (Å²) in [5, 5.41) is 3.00. The maximum atomic E-state index is 12.9. The lowest BCUT2D eigenvalue weighted by Gasteiger charge is -2.35. The third-order valence-corrected chi connectivity index (χ3v) is 5.28. The van der Waals surface area contributed by atoms with Crippen LogP contribution in [0, 0.1) is 6.92 Å². The first-order valence-electron chi connectivity index (χ1n) is 8.73. The molecule has 4 rings (SSSR count). The third kappa shape index (κ3) is 2.68. The van der Waals surface area contributed by atoms with Crippen molar-refractivity contribution in [3.05, 3.63) is 62.5 Å². The first kappa shape index (κ1) is 18.2. The van der Waals surface area contributed by atoms with Gasteiger partial charge in [0, 0.05) is 12.0 Å². The lowest BCUT2D eigenvalue weighted by Crippen LogP contribution is -2.48. The highest BCUT2D eigenvalue weighted by atomic mass is 35.5. The van der Waals surface area contributed by atoms with E-state index < -0.39 is 23.2 Å². The zero-order chi connectivity index (χ0) is 20.1. The molecule has 28 heavy (non-hydrogen) atoms. The second kappa shape index (κ2) is 6.49. The second-order valence-corrected chi connectivity index (χ2v) is 7.20. The predicted molar refractivity (Wildman–Crippen MR) is 102 cm³/mol. The number of benzene rings is 1. The van der Waals surface area contributed by atoms with Gasteiger partial charge in [0.2, 0.25) is 5.60 Å². The molecule has 1 amide bonds. The number of rotatable bonds is 2. The number of carbonyl (C=O) groups is 2. The number of amides is 1. The number of aryl methyl sites for hydroxylation is 2. The molecule has 3 N–H and O–H groups in total. The Morgan fingerprint density at radius 2 is 2.11 bits per heavy atom. The van der Waals surface area contributed by atoms with Crippen molar-refractivity contribution in [1.82, 2.24) is 14.8 Å². The molecule has 8 nitrogen and oxygen atoms in total. The summed E-state index contributed by atoms with van der Waals surface area (Å²) in [6, 6.07) is 8.70. The van der Waals surface area contributed by atoms with Crippen molar-refractivity contribution in [2.75, 3.05) is 0 Å². The summed E-state index contributed by atoms with van der Waals surface area (Å²) in [7, 11) is 0. The van der Waals surface area contributed by atoms with Crippen molar-refractivity contribution < 1.29 is 14.3 Å². The van der Waals surface area contributed by atoms with E-state index in [1.807, 2.05) is 12.1 Å². The Labute approximate surface area is 164 Å². The van der Waals surface area contributed by atoms with E-state index in [2.05, 4.69) is 10.1 Å². The number of hydrogen-bond donors (Lipinski definition) is 2. The summed E-state index contributed by atoms with van der Waals surface area (Å²) >= 11 is 5.92. The normalized spacial score (nSPS) is 18.6. The SMILES string of the molecule is Cc1cc(Cl)nc2[nH]n(C(=O)OC3(C(N)=O)CCCc4ccccc43)c(=O)c12. The lowest BCUT2D eigenvalue weighted by molar-refractivity contribution is -0.139. The number of nitrogens with zero attached hydrogens (tertiary/aromatic N) is 2. The van der Waals surface area contributed by atoms with E-state index in [0.717, 1.165) is 12.0 Å². The zero-order valence-corrected chi connectivity index (χ0v) is 15.7. The molecule has 0 saturated heterocycles. The fraction of sp³-hybridized carbons (Fsp3) is 0.263. The first-order valence-corrected chi connectivity index (χ1v) is 9.11. The Morgan fingerprint density at radius 3 is 2.86 bits per heavy atom. The van der Waals surface area contributed by atoms with Gasteiger partial charge < -0.3 is 10.5 Å². The second-order valence-electron chi connectivity index (χ2n) is 6.81. The molecule has 144 valence electrons. The van der Waals surface area contributed by atoms with Crippen LogP contribution in [0.25, 0.3) is 11.0 Å². The summed E-state index contributed by atoms with van der Waals surface area (Å²) in [6.07, 6.45) is 0.569. The average molecular weight is 401 g/mol. The van der Waals surface area contributed by atoms with E-state index >= 15 is 0 Å². The molecule has 0 fully saturated rings. The van der Waals surface area contributed by atoms with Gasteiger partial charge in [-0.2, -0.15) is 0 Å². The van der Waals surface area contributed by atoms with Crippen LogP contribution in [0.5, 0.6) is 0 Å². The Balaban J connectivity index is 1.81. The standard InChI is InChI=1S/C19H17ClN4O4/c1-10-9-13(20)22-15-14(10)16(25)24(23-15)18(27)28-19(17(21)26)8-4-6-11-5-2-3-7-12(11)19/h2-3,5,7,9H,4,6,8H2,1H3,(H2,21,26)(H,22,23). The number of ether oxygens (including phenoxy) is 1. The van der Waals surface area contributed by atoms with Crippen molar-refractivity contribution in [3.63, 3.8) is 0 Å². The first-order chi connectivity index (χ1) is 13.3. The molecule has 0 radical (unpaired) electrons. The maximum Gasteiger partial charge on any atom is 0.437 e. The number of nitrogens with two attached hydrogens (primary N) is 1. The fourth-order valence-corrected chi connectivity index (χ4v) is 4.03. The molecule has 3 aromatic rings. The molecule has 0 spiro atoms. The number of pyridine rings is 1. The highest BCUT2D eigenvalue weighted by Crippen LogP contribution is 2.38. The molecule has 1 atom stereocenters. The smallest absolute Gasteiger partial charge is 0.426 e. The number of aromatic amines is 1. The van der Waals surface area contributed by atoms with Crippen molar-refractivity contribution in [2.45, 2.75) is 31.8 Å². The van der Waals surface area contributed by atoms with Crippen LogP contribution in [0.15, 0.2) is 35.1 Å². The van der Waals surface area contributed by atoms with E-state index in [1.54, 1.807) is 19.1 Å². The van der Waals surface area contributed by atoms with Gasteiger partial charge in [0.15, 0.2) is 5.65 Å². The van der Waals surface area contributed by atoms with E-state index in [9.17, 15) is 14.4 Å². The van der Waals surface area contributed by atoms with Crippen LogP contribution in [0.3, 0.4) is 0 Å². The number of aromatic nitrogens is 3. The number of H-pyrrole nitrogens is 1. The topological polar surface area (TPSA) is 120 Å². The minimum Gasteiger partial charge on any atom is -0.426 e. The predicted octanol–water partition coefficient (Wildman–Crippen LogP) is 2.39. The van der Waals surface area contributed by atoms with E-state index in [0.29, 0.717) is 22.2 Å². The van der Waals surface area contributed by atoms with Crippen LogP contribution in [-0.2, 0) is 21.6 Å². The van der Waals surface area contributed by atoms with Crippen LogP contribution in [0.4, 0.5) is 4.79 Å². The van der Waals surface area contributed by atoms with Crippen molar-refractivity contribution in [3.8, 4) is 0 Å². The largest absolute Gasteiger partial charge is 0.437 e. The maximum absolute atomic E-state index is 12.9. The summed E-state index contributed by atoms with van der Waals surface area (Å²) in [5.41, 5.74) is 5.54. The van der Waals surface area contributed by atoms with Crippen LogP contribution < -0.4 is 11.3 Å². The quantitative estimate of drug-likeness (QED) is 0.640. The lowest BCUT2D eigenvalue weighted by atomic mass is 9.78. The number of hydrogen-bond acceptors (Lipinski definition) is 5. The van der Waals surface area contributed by atoms with Crippen LogP contribution in [-0.4, -0.2) is 26.8 Å². The minimum absolute atomic E-state index is 0.157. The van der Waals surface area contributed by atoms with Crippen LogP contribution >= 0.6 is 11.6 Å². The number of fused-ring (bicyclic) bond motifs is 2. The molecule has 2 heterocycles. The summed E-state index contributed by atoms with van der Waals surface area (Å²) < 4.78 is 6.27. The van der Waals surface area contributed by atoms with Gasteiger partial charge in [-0.15, -0.1) is 4.68 Å². The zero-order valence-electron chi connectivity index (χ0n) is 15.0. The van der Waals surface area contributed by atoms with Gasteiger partial charge in [-0.25, -0.2) is 9.78 Å². The molecule has 1 aromatic carbocycles. The molecule has 0 saturated carbocycles. The highest BCUT2D eigenvalue weighted by Gasteiger charge is 2.46. The Kier molecular flexibility index (Phi) is 4.23. The van der Waals surface area contributed by atoms with Gasteiger partial charge in [0.05, 0.1) is 5.39 Å². The van der Waals surface area contributed by atoms with Crippen LogP contribution in [0.1, 0.15) is 29.5 Å². The Morgan fingerprint density at radius 1 is 1.36 bits per heavy atom. The third-order valence-electron chi connectivity index (χ3n) is 5.09. The van der Waals surface area contributed by atoms with Crippen LogP contribution in [0.2, 0.25) is 5.15 Å². The van der Waals surface area contributed by atoms with Crippen molar-refractivity contribution in [2.24, 2.45) is 5.73 Å². The van der Waals surface area contributed by atoms with Gasteiger partial charge in [-0.05, 0) is 37.0 Å². The van der Waals surface area contributed by atoms with E-state index in [4.69, 9.17) is 22.1 Å². The minimum atomic E-state index is -1.64. The van der Waals surface area contributed by atoms with Gasteiger partial charge in [0.1, 0.15) is 5.15 Å². The van der Waals surface area contributed by atoms with Gasteiger partial charge in [-0.3, -0.25) is 14.7 Å². The average Bonchev–Trinajstić information content (AvgIpc) is 2.98. The molecule has 0 bridgehead atoms. The summed E-state index contributed by atoms with van der Waals surface area (Å²) in [4.78, 5) is 42.0. The molecule has 2 aromatic heterocycles. The summed E-state index contributed by atoms with van der Waals surface area (Å²) in [5.74, 6) is -0.783. The van der Waals surface area contributed by atoms with Crippen molar-refractivity contribution >= 4 is 34.6 Å². The Hall–Kier alpha value is -3.13. The molecular formula is C19H17ClN4O4. The molecule has 1 aliphatic carbocycles. The van der Waals surface area contributed by atoms with E-state index in [-0.39, 0.29) is 22.6 Å². The molecular weight excluding hydrogens is 384 g/mol. The molecule has 1 aliphatic rings. The number of carbonyl (C=O) groups excluding carboxylic acids is 2. The van der Waals surface area contributed by atoms with Gasteiger partial charge >= 0.3 is 6.09 Å². The molecule has 0 aliphatic heterocycles. The Bertz CT molecular complexity index is 1180. The summed E-state index contributed by atoms with van der Waals surface area (Å²) in [6.45, 7) is 1.68. The van der Waals surface area contributed by atoms with E-state index in [1.165, 1.54) is 6.07 Å². The van der Waals surface area contributed by atoms with Crippen molar-refractivity contribution in [1.29, 1.82) is 0 Å². The number of nitrogens with one attached hydrogen (secondary N) is 1. The highest BCUT2D eigenvalue weighted by molar-refractivity contribution is 6.29. The number of halogens is 1. The number of primary amides is 1. The monoisotopic (exact) mass is 400 g/mol. The molecule has 9 heteroatoms. The molecule has 1 unspecified atom stereocenters. The van der Waals surface area contributed by atoms with Gasteiger partial charge in [0.25, 0.3) is 11.5 Å². The van der Waals surface area contributed by atoms with Gasteiger partial charge in [-0.1, -0.05) is 35.9 Å².